The van der Waals surface area contributed by atoms with Gasteiger partial charge in [0.05, 0.1) is 12.0 Å². The Balaban J connectivity index is 2.59. The number of carbonyl (C=O) groups is 1. The second-order valence-corrected chi connectivity index (χ2v) is 4.42. The van der Waals surface area contributed by atoms with E-state index in [4.69, 9.17) is 0 Å². The average molecular weight is 222 g/mol. The number of rotatable bonds is 4. The Kier molecular flexibility index (Phi) is 5.34. The molecule has 1 fully saturated rings. The minimum Gasteiger partial charge on any atom is -0.345 e. The van der Waals surface area contributed by atoms with E-state index < -0.39 is 0 Å². The van der Waals surface area contributed by atoms with Gasteiger partial charge in [0.2, 0.25) is 5.91 Å². The van der Waals surface area contributed by atoms with Gasteiger partial charge < -0.3 is 10.6 Å². The van der Waals surface area contributed by atoms with Gasteiger partial charge in [0.1, 0.15) is 0 Å². The van der Waals surface area contributed by atoms with Crippen LogP contribution in [0.2, 0.25) is 0 Å². The zero-order valence-electron chi connectivity index (χ0n) is 10.4. The number of nitrogens with one attached hydrogen (secondary N) is 2. The molecule has 1 heterocycles. The molecule has 90 valence electrons. The van der Waals surface area contributed by atoms with Crippen molar-refractivity contribution in [2.24, 2.45) is 5.41 Å². The molecule has 0 bridgehead atoms. The molecule has 2 N–H and O–H groups in total. The van der Waals surface area contributed by atoms with E-state index in [0.717, 1.165) is 38.8 Å². The van der Waals surface area contributed by atoms with E-state index >= 15 is 0 Å². The summed E-state index contributed by atoms with van der Waals surface area (Å²) in [5, 5.41) is 6.26. The van der Waals surface area contributed by atoms with E-state index in [0.29, 0.717) is 6.54 Å². The molecule has 1 unspecified atom stereocenters. The molecular formula is C13H22N2O. The number of hydrogen-bond donors (Lipinski definition) is 2. The molecule has 0 aromatic heterocycles. The number of hydrogen-bond acceptors (Lipinski definition) is 2. The minimum absolute atomic E-state index is 0.171. The molecule has 1 aliphatic heterocycles. The quantitative estimate of drug-likeness (QED) is 0.704. The highest BCUT2D eigenvalue weighted by Gasteiger charge is 2.38. The van der Waals surface area contributed by atoms with Crippen LogP contribution in [0.15, 0.2) is 0 Å². The lowest BCUT2D eigenvalue weighted by molar-refractivity contribution is -0.132. The lowest BCUT2D eigenvalue weighted by atomic mass is 9.76. The van der Waals surface area contributed by atoms with Crippen LogP contribution >= 0.6 is 0 Å². The fraction of sp³-hybridized carbons (Fsp3) is 0.769. The second kappa shape index (κ2) is 6.55. The lowest BCUT2D eigenvalue weighted by Gasteiger charge is -2.36. The van der Waals surface area contributed by atoms with Crippen molar-refractivity contribution in [3.05, 3.63) is 0 Å². The van der Waals surface area contributed by atoms with Crippen molar-refractivity contribution in [1.82, 2.24) is 10.6 Å². The summed E-state index contributed by atoms with van der Waals surface area (Å²) in [5.41, 5.74) is -0.192. The van der Waals surface area contributed by atoms with Crippen LogP contribution in [0.1, 0.15) is 39.5 Å². The van der Waals surface area contributed by atoms with E-state index in [1.807, 2.05) is 0 Å². The van der Waals surface area contributed by atoms with Gasteiger partial charge >= 0.3 is 0 Å². The van der Waals surface area contributed by atoms with Crippen LogP contribution in [0.3, 0.4) is 0 Å². The van der Waals surface area contributed by atoms with Crippen molar-refractivity contribution >= 4 is 5.91 Å². The SMILES string of the molecule is CC#CCNC(=O)C1(CCC)CCCNC1. The van der Waals surface area contributed by atoms with Crippen LogP contribution in [0, 0.1) is 17.3 Å². The predicted octanol–water partition coefficient (Wildman–Crippen LogP) is 1.30. The smallest absolute Gasteiger partial charge is 0.228 e. The number of amides is 1. The molecule has 1 aliphatic rings. The Hall–Kier alpha value is -1.01. The average Bonchev–Trinajstić information content (AvgIpc) is 2.31. The highest BCUT2D eigenvalue weighted by molar-refractivity contribution is 5.83. The number of carbonyl (C=O) groups excluding carboxylic acids is 1. The maximum Gasteiger partial charge on any atom is 0.228 e. The van der Waals surface area contributed by atoms with Gasteiger partial charge in [0.25, 0.3) is 0 Å². The van der Waals surface area contributed by atoms with E-state index in [1.165, 1.54) is 0 Å². The molecule has 3 nitrogen and oxygen atoms in total. The van der Waals surface area contributed by atoms with Crippen molar-refractivity contribution in [2.75, 3.05) is 19.6 Å². The molecule has 0 radical (unpaired) electrons. The van der Waals surface area contributed by atoms with Gasteiger partial charge in [-0.3, -0.25) is 4.79 Å². The molecule has 0 aromatic rings. The number of piperidine rings is 1. The largest absolute Gasteiger partial charge is 0.345 e. The van der Waals surface area contributed by atoms with Crippen molar-refractivity contribution in [3.8, 4) is 11.8 Å². The van der Waals surface area contributed by atoms with Gasteiger partial charge in [0, 0.05) is 6.54 Å². The third kappa shape index (κ3) is 3.24. The topological polar surface area (TPSA) is 41.1 Å². The maximum absolute atomic E-state index is 12.2. The summed E-state index contributed by atoms with van der Waals surface area (Å²) in [6.07, 6.45) is 4.10. The molecule has 0 aromatic carbocycles. The first-order valence-electron chi connectivity index (χ1n) is 6.14. The Labute approximate surface area is 98.4 Å². The molecule has 1 saturated heterocycles. The third-order valence-corrected chi connectivity index (χ3v) is 3.20. The Bertz CT molecular complexity index is 277. The zero-order chi connectivity index (χ0) is 11.9. The van der Waals surface area contributed by atoms with Gasteiger partial charge in [-0.05, 0) is 32.7 Å². The summed E-state index contributed by atoms with van der Waals surface area (Å²) in [6.45, 7) is 6.24. The normalized spacial score (nSPS) is 24.4. The summed E-state index contributed by atoms with van der Waals surface area (Å²) >= 11 is 0. The van der Waals surface area contributed by atoms with Crippen LogP contribution in [-0.2, 0) is 4.79 Å². The van der Waals surface area contributed by atoms with Crippen molar-refractivity contribution in [1.29, 1.82) is 0 Å². The fourth-order valence-electron chi connectivity index (χ4n) is 2.37. The molecule has 1 rings (SSSR count). The highest BCUT2D eigenvalue weighted by Crippen LogP contribution is 2.31. The molecule has 3 heteroatoms. The van der Waals surface area contributed by atoms with Crippen LogP contribution in [0.4, 0.5) is 0 Å². The Morgan fingerprint density at radius 2 is 2.38 bits per heavy atom. The molecule has 16 heavy (non-hydrogen) atoms. The van der Waals surface area contributed by atoms with E-state index in [9.17, 15) is 4.79 Å². The Morgan fingerprint density at radius 3 is 2.94 bits per heavy atom. The summed E-state index contributed by atoms with van der Waals surface area (Å²) < 4.78 is 0. The molecule has 0 spiro atoms. The zero-order valence-corrected chi connectivity index (χ0v) is 10.4. The van der Waals surface area contributed by atoms with E-state index in [2.05, 4.69) is 29.4 Å². The summed E-state index contributed by atoms with van der Waals surface area (Å²) in [6, 6.07) is 0. The standard InChI is InChI=1S/C13H22N2O/c1-3-5-10-15-12(16)13(7-4-2)8-6-9-14-11-13/h14H,4,6-11H2,1-2H3,(H,15,16). The second-order valence-electron chi connectivity index (χ2n) is 4.42. The highest BCUT2D eigenvalue weighted by atomic mass is 16.2. The van der Waals surface area contributed by atoms with Crippen LogP contribution in [-0.4, -0.2) is 25.5 Å². The fourth-order valence-corrected chi connectivity index (χ4v) is 2.37. The first-order valence-corrected chi connectivity index (χ1v) is 6.14. The maximum atomic E-state index is 12.2. The molecule has 1 atom stereocenters. The lowest BCUT2D eigenvalue weighted by Crippen LogP contribution is -2.50. The first-order chi connectivity index (χ1) is 7.75. The molecule has 0 aliphatic carbocycles. The Morgan fingerprint density at radius 1 is 1.56 bits per heavy atom. The third-order valence-electron chi connectivity index (χ3n) is 3.20. The van der Waals surface area contributed by atoms with Crippen LogP contribution in [0.5, 0.6) is 0 Å². The van der Waals surface area contributed by atoms with E-state index in [-0.39, 0.29) is 11.3 Å². The van der Waals surface area contributed by atoms with Gasteiger partial charge in [-0.2, -0.15) is 0 Å². The van der Waals surface area contributed by atoms with Crippen molar-refractivity contribution in [2.45, 2.75) is 39.5 Å². The summed E-state index contributed by atoms with van der Waals surface area (Å²) in [7, 11) is 0. The van der Waals surface area contributed by atoms with Crippen LogP contribution < -0.4 is 10.6 Å². The van der Waals surface area contributed by atoms with Crippen molar-refractivity contribution < 1.29 is 4.79 Å². The monoisotopic (exact) mass is 222 g/mol. The molecular weight excluding hydrogens is 200 g/mol. The predicted molar refractivity (Wildman–Crippen MR) is 65.9 cm³/mol. The van der Waals surface area contributed by atoms with Gasteiger partial charge in [-0.1, -0.05) is 19.3 Å². The van der Waals surface area contributed by atoms with Gasteiger partial charge in [0.15, 0.2) is 0 Å². The molecule has 1 amide bonds. The van der Waals surface area contributed by atoms with E-state index in [1.54, 1.807) is 6.92 Å². The summed E-state index contributed by atoms with van der Waals surface area (Å²) in [5.74, 6) is 5.84. The molecule has 0 saturated carbocycles. The van der Waals surface area contributed by atoms with Gasteiger partial charge in [-0.15, -0.1) is 5.92 Å². The van der Waals surface area contributed by atoms with Crippen molar-refractivity contribution in [3.63, 3.8) is 0 Å². The summed E-state index contributed by atoms with van der Waals surface area (Å²) in [4.78, 5) is 12.2. The van der Waals surface area contributed by atoms with Crippen LogP contribution in [0.25, 0.3) is 0 Å². The first kappa shape index (κ1) is 13.1. The van der Waals surface area contributed by atoms with Gasteiger partial charge in [-0.25, -0.2) is 0 Å². The minimum atomic E-state index is -0.192.